The Bertz CT molecular complexity index is 554. The second kappa shape index (κ2) is 6.74. The van der Waals surface area contributed by atoms with E-state index in [0.29, 0.717) is 6.04 Å². The molecule has 1 heterocycles. The van der Waals surface area contributed by atoms with Crippen molar-refractivity contribution in [3.8, 4) is 0 Å². The molecule has 0 bridgehead atoms. The van der Waals surface area contributed by atoms with E-state index in [9.17, 15) is 5.11 Å². The number of aliphatic hydroxyl groups is 1. The van der Waals surface area contributed by atoms with Crippen LogP contribution >= 0.6 is 27.3 Å². The Kier molecular flexibility index (Phi) is 5.24. The highest BCUT2D eigenvalue weighted by molar-refractivity contribution is 9.10. The van der Waals surface area contributed by atoms with Crippen LogP contribution in [0, 0.1) is 0 Å². The van der Waals surface area contributed by atoms with Gasteiger partial charge in [-0.1, -0.05) is 28.1 Å². The maximum absolute atomic E-state index is 9.67. The maximum Gasteiger partial charge on any atom is 0.0772 e. The van der Waals surface area contributed by atoms with Gasteiger partial charge in [0.1, 0.15) is 0 Å². The summed E-state index contributed by atoms with van der Waals surface area (Å²) in [5.74, 6) is 0. The highest BCUT2D eigenvalue weighted by Gasteiger charge is 2.14. The Morgan fingerprint density at radius 3 is 2.60 bits per heavy atom. The third-order valence-corrected chi connectivity index (χ3v) is 5.16. The summed E-state index contributed by atoms with van der Waals surface area (Å²) >= 11 is 5.35. The summed E-state index contributed by atoms with van der Waals surface area (Å²) in [5, 5.41) is 11.8. The minimum Gasteiger partial charge on any atom is -0.389 e. The highest BCUT2D eigenvalue weighted by atomic mass is 79.9. The van der Waals surface area contributed by atoms with E-state index >= 15 is 0 Å². The zero-order valence-corrected chi connectivity index (χ0v) is 14.4. The monoisotopic (exact) mass is 353 g/mol. The molecule has 1 aromatic heterocycles. The normalized spacial score (nSPS) is 14.1. The van der Waals surface area contributed by atoms with E-state index in [1.165, 1.54) is 4.88 Å². The van der Waals surface area contributed by atoms with E-state index < -0.39 is 6.10 Å². The number of aliphatic hydroxyl groups excluding tert-OH is 1. The minimum atomic E-state index is -0.452. The number of rotatable bonds is 5. The van der Waals surface area contributed by atoms with Crippen LogP contribution in [-0.2, 0) is 6.42 Å². The first-order valence-electron chi connectivity index (χ1n) is 6.71. The van der Waals surface area contributed by atoms with Crippen LogP contribution in [-0.4, -0.2) is 18.2 Å². The SMILES string of the molecule is CC(Cc1cccs1)N(C)c1ccc([C@@H](C)O)c(Br)c1. The summed E-state index contributed by atoms with van der Waals surface area (Å²) < 4.78 is 0.958. The molecule has 1 unspecified atom stereocenters. The number of hydrogen-bond donors (Lipinski definition) is 1. The fourth-order valence-electron chi connectivity index (χ4n) is 2.19. The summed E-state index contributed by atoms with van der Waals surface area (Å²) in [7, 11) is 2.11. The smallest absolute Gasteiger partial charge is 0.0772 e. The minimum absolute atomic E-state index is 0.429. The van der Waals surface area contributed by atoms with E-state index in [4.69, 9.17) is 0 Å². The summed E-state index contributed by atoms with van der Waals surface area (Å²) in [6.45, 7) is 4.01. The van der Waals surface area contributed by atoms with Crippen LogP contribution in [0.25, 0.3) is 0 Å². The Morgan fingerprint density at radius 2 is 2.05 bits per heavy atom. The van der Waals surface area contributed by atoms with Gasteiger partial charge in [0.25, 0.3) is 0 Å². The highest BCUT2D eigenvalue weighted by Crippen LogP contribution is 2.29. The van der Waals surface area contributed by atoms with Gasteiger partial charge in [0.05, 0.1) is 6.10 Å². The van der Waals surface area contributed by atoms with Gasteiger partial charge >= 0.3 is 0 Å². The molecule has 2 rings (SSSR count). The Balaban J connectivity index is 2.12. The van der Waals surface area contributed by atoms with Crippen molar-refractivity contribution >= 4 is 33.0 Å². The molecule has 1 N–H and O–H groups in total. The van der Waals surface area contributed by atoms with Crippen molar-refractivity contribution in [2.75, 3.05) is 11.9 Å². The first-order valence-corrected chi connectivity index (χ1v) is 8.39. The van der Waals surface area contributed by atoms with E-state index in [1.54, 1.807) is 18.3 Å². The first-order chi connectivity index (χ1) is 9.49. The zero-order chi connectivity index (χ0) is 14.7. The average molecular weight is 354 g/mol. The van der Waals surface area contributed by atoms with Crippen molar-refractivity contribution in [3.05, 3.63) is 50.6 Å². The van der Waals surface area contributed by atoms with Gasteiger partial charge in [-0.05, 0) is 43.0 Å². The molecule has 2 nitrogen and oxygen atoms in total. The van der Waals surface area contributed by atoms with Gasteiger partial charge in [-0.2, -0.15) is 0 Å². The molecule has 108 valence electrons. The van der Waals surface area contributed by atoms with Gasteiger partial charge in [0.2, 0.25) is 0 Å². The molecule has 1 aromatic carbocycles. The molecule has 20 heavy (non-hydrogen) atoms. The van der Waals surface area contributed by atoms with Gasteiger partial charge < -0.3 is 10.0 Å². The Labute approximate surface area is 133 Å². The van der Waals surface area contributed by atoms with Crippen molar-refractivity contribution in [2.45, 2.75) is 32.4 Å². The van der Waals surface area contributed by atoms with Gasteiger partial charge in [0.15, 0.2) is 0 Å². The standard InChI is InChI=1S/C16H20BrNOS/c1-11(9-14-5-4-8-20-14)18(3)13-6-7-15(12(2)19)16(17)10-13/h4-8,10-12,19H,9H2,1-3H3/t11?,12-/m1/s1. The summed E-state index contributed by atoms with van der Waals surface area (Å²) in [5.41, 5.74) is 2.08. The molecule has 0 saturated heterocycles. The first kappa shape index (κ1) is 15.5. The lowest BCUT2D eigenvalue weighted by Gasteiger charge is -2.27. The molecular formula is C16H20BrNOS. The van der Waals surface area contributed by atoms with Gasteiger partial charge in [0, 0.05) is 34.5 Å². The lowest BCUT2D eigenvalue weighted by Crippen LogP contribution is -2.30. The molecule has 0 radical (unpaired) electrons. The van der Waals surface area contributed by atoms with Crippen LogP contribution < -0.4 is 4.90 Å². The number of anilines is 1. The molecular weight excluding hydrogens is 334 g/mol. The van der Waals surface area contributed by atoms with E-state index in [2.05, 4.69) is 64.4 Å². The van der Waals surface area contributed by atoms with Crippen LogP contribution in [0.5, 0.6) is 0 Å². The maximum atomic E-state index is 9.67. The number of likely N-dealkylation sites (N-methyl/N-ethyl adjacent to an activating group) is 1. The number of hydrogen-bond acceptors (Lipinski definition) is 3. The van der Waals surface area contributed by atoms with E-state index in [1.807, 2.05) is 6.07 Å². The summed E-state index contributed by atoms with van der Waals surface area (Å²) in [4.78, 5) is 3.68. The molecule has 0 aliphatic heterocycles. The molecule has 0 saturated carbocycles. The number of nitrogens with zero attached hydrogens (tertiary/aromatic N) is 1. The third-order valence-electron chi connectivity index (χ3n) is 3.58. The lowest BCUT2D eigenvalue weighted by atomic mass is 10.1. The van der Waals surface area contributed by atoms with E-state index in [0.717, 1.165) is 22.1 Å². The van der Waals surface area contributed by atoms with Crippen LogP contribution in [0.3, 0.4) is 0 Å². The fourth-order valence-corrected chi connectivity index (χ4v) is 3.71. The predicted molar refractivity (Wildman–Crippen MR) is 90.7 cm³/mol. The van der Waals surface area contributed by atoms with Crippen molar-refractivity contribution in [1.29, 1.82) is 0 Å². The van der Waals surface area contributed by atoms with Crippen molar-refractivity contribution in [1.82, 2.24) is 0 Å². The van der Waals surface area contributed by atoms with Crippen molar-refractivity contribution in [2.24, 2.45) is 0 Å². The average Bonchev–Trinajstić information content (AvgIpc) is 2.90. The van der Waals surface area contributed by atoms with Crippen molar-refractivity contribution in [3.63, 3.8) is 0 Å². The Morgan fingerprint density at radius 1 is 1.30 bits per heavy atom. The van der Waals surface area contributed by atoms with E-state index in [-0.39, 0.29) is 0 Å². The molecule has 0 fully saturated rings. The Hall–Kier alpha value is -0.840. The lowest BCUT2D eigenvalue weighted by molar-refractivity contribution is 0.198. The van der Waals surface area contributed by atoms with Crippen LogP contribution in [0.15, 0.2) is 40.2 Å². The van der Waals surface area contributed by atoms with Gasteiger partial charge in [-0.3, -0.25) is 0 Å². The largest absolute Gasteiger partial charge is 0.389 e. The predicted octanol–water partition coefficient (Wildman–Crippen LogP) is 4.63. The summed E-state index contributed by atoms with van der Waals surface area (Å²) in [6.07, 6.45) is 0.594. The quantitative estimate of drug-likeness (QED) is 0.846. The molecule has 2 aromatic rings. The molecule has 0 amide bonds. The van der Waals surface area contributed by atoms with Crippen molar-refractivity contribution < 1.29 is 5.11 Å². The molecule has 2 atom stereocenters. The molecule has 0 aliphatic rings. The molecule has 0 aliphatic carbocycles. The second-order valence-corrected chi connectivity index (χ2v) is 7.01. The van der Waals surface area contributed by atoms with Crippen LogP contribution in [0.2, 0.25) is 0 Å². The topological polar surface area (TPSA) is 23.5 Å². The second-order valence-electron chi connectivity index (χ2n) is 5.13. The van der Waals surface area contributed by atoms with Crippen LogP contribution in [0.1, 0.15) is 30.4 Å². The summed E-state index contributed by atoms with van der Waals surface area (Å²) in [6, 6.07) is 10.8. The van der Waals surface area contributed by atoms with Gasteiger partial charge in [-0.15, -0.1) is 11.3 Å². The number of thiophene rings is 1. The van der Waals surface area contributed by atoms with Gasteiger partial charge in [-0.25, -0.2) is 0 Å². The molecule has 0 spiro atoms. The number of benzene rings is 1. The van der Waals surface area contributed by atoms with Crippen LogP contribution in [0.4, 0.5) is 5.69 Å². The zero-order valence-electron chi connectivity index (χ0n) is 12.0. The third kappa shape index (κ3) is 3.62. The molecule has 4 heteroatoms. The number of halogens is 1. The fraction of sp³-hybridized carbons (Fsp3) is 0.375.